The summed E-state index contributed by atoms with van der Waals surface area (Å²) >= 11 is 0.796. The highest BCUT2D eigenvalue weighted by Gasteiger charge is 2.22. The van der Waals surface area contributed by atoms with Gasteiger partial charge in [0.2, 0.25) is 5.13 Å². The highest BCUT2D eigenvalue weighted by Crippen LogP contribution is 2.36. The van der Waals surface area contributed by atoms with Crippen LogP contribution in [0.3, 0.4) is 0 Å². The Kier molecular flexibility index (Phi) is 7.13. The van der Waals surface area contributed by atoms with E-state index in [9.17, 15) is 9.59 Å². The number of carbonyl (C=O) groups excluding carboxylic acids is 1. The molecule has 8 nitrogen and oxygen atoms in total. The summed E-state index contributed by atoms with van der Waals surface area (Å²) in [7, 11) is 1.43. The molecule has 0 saturated heterocycles. The van der Waals surface area contributed by atoms with Gasteiger partial charge in [0.05, 0.1) is 18.2 Å². The second-order valence-corrected chi connectivity index (χ2v) is 7.87. The van der Waals surface area contributed by atoms with E-state index in [-0.39, 0.29) is 27.7 Å². The van der Waals surface area contributed by atoms with Gasteiger partial charge in [-0.2, -0.15) is 0 Å². The average Bonchev–Trinajstić information content (AvgIpc) is 3.08. The molecule has 0 radical (unpaired) electrons. The Labute approximate surface area is 182 Å². The number of nitrogens with zero attached hydrogens (tertiary/aromatic N) is 3. The molecular weight excluding hydrogens is 423 g/mol. The van der Waals surface area contributed by atoms with E-state index in [1.807, 2.05) is 0 Å². The first-order valence-corrected chi connectivity index (χ1v) is 10.5. The Morgan fingerprint density at radius 1 is 1.32 bits per heavy atom. The summed E-state index contributed by atoms with van der Waals surface area (Å²) in [6.45, 7) is 3.75. The predicted octanol–water partition coefficient (Wildman–Crippen LogP) is 3.16. The molecule has 0 atom stereocenters. The van der Waals surface area contributed by atoms with Crippen LogP contribution in [0, 0.1) is 19.7 Å². The Morgan fingerprint density at radius 3 is 2.81 bits per heavy atom. The number of pyridine rings is 1. The van der Waals surface area contributed by atoms with Crippen molar-refractivity contribution in [3.8, 4) is 16.9 Å². The van der Waals surface area contributed by atoms with Crippen molar-refractivity contribution in [2.45, 2.75) is 33.2 Å². The maximum atomic E-state index is 15.0. The zero-order valence-corrected chi connectivity index (χ0v) is 18.3. The van der Waals surface area contributed by atoms with Crippen LogP contribution in [0.25, 0.3) is 11.1 Å². The third kappa shape index (κ3) is 4.97. The number of methoxy groups -OCH3 is 1. The van der Waals surface area contributed by atoms with Gasteiger partial charge in [0.15, 0.2) is 0 Å². The number of benzene rings is 1. The largest absolute Gasteiger partial charge is 0.496 e. The van der Waals surface area contributed by atoms with Gasteiger partial charge in [0, 0.05) is 30.6 Å². The van der Waals surface area contributed by atoms with Gasteiger partial charge in [-0.25, -0.2) is 9.07 Å². The van der Waals surface area contributed by atoms with Gasteiger partial charge in [-0.3, -0.25) is 19.9 Å². The Hall–Kier alpha value is -3.11. The Balaban J connectivity index is 1.97. The molecule has 3 rings (SSSR count). The Bertz CT molecular complexity index is 1160. The van der Waals surface area contributed by atoms with Crippen LogP contribution < -0.4 is 14.9 Å². The molecule has 10 heteroatoms. The molecule has 31 heavy (non-hydrogen) atoms. The number of aromatic nitrogens is 3. The van der Waals surface area contributed by atoms with E-state index in [1.165, 1.54) is 18.0 Å². The fourth-order valence-electron chi connectivity index (χ4n) is 3.07. The smallest absolute Gasteiger partial charge is 0.326 e. The van der Waals surface area contributed by atoms with Gasteiger partial charge in [-0.15, -0.1) is 5.10 Å². The maximum Gasteiger partial charge on any atom is 0.326 e. The normalized spacial score (nSPS) is 10.9. The molecule has 164 valence electrons. The molecule has 0 spiro atoms. The third-order valence-corrected chi connectivity index (χ3v) is 5.44. The fourth-order valence-corrected chi connectivity index (χ4v) is 3.75. The maximum absolute atomic E-state index is 15.0. The second-order valence-electron chi connectivity index (χ2n) is 6.93. The lowest BCUT2D eigenvalue weighted by Gasteiger charge is -2.15. The van der Waals surface area contributed by atoms with E-state index in [2.05, 4.69) is 15.4 Å². The van der Waals surface area contributed by atoms with Crippen molar-refractivity contribution in [3.05, 3.63) is 56.7 Å². The van der Waals surface area contributed by atoms with E-state index in [4.69, 9.17) is 9.84 Å². The van der Waals surface area contributed by atoms with Crippen molar-refractivity contribution in [1.29, 1.82) is 0 Å². The van der Waals surface area contributed by atoms with E-state index < -0.39 is 11.7 Å². The highest BCUT2D eigenvalue weighted by molar-refractivity contribution is 7.13. The van der Waals surface area contributed by atoms with Crippen LogP contribution in [-0.2, 0) is 6.54 Å². The van der Waals surface area contributed by atoms with Crippen molar-refractivity contribution in [1.82, 2.24) is 14.8 Å². The first kappa shape index (κ1) is 22.6. The monoisotopic (exact) mass is 446 g/mol. The number of amides is 1. The summed E-state index contributed by atoms with van der Waals surface area (Å²) in [6, 6.07) is 4.86. The van der Waals surface area contributed by atoms with Crippen LogP contribution in [0.15, 0.2) is 29.2 Å². The van der Waals surface area contributed by atoms with Crippen LogP contribution in [0.2, 0.25) is 0 Å². The predicted molar refractivity (Wildman–Crippen MR) is 116 cm³/mol. The Morgan fingerprint density at radius 2 is 2.10 bits per heavy atom. The van der Waals surface area contributed by atoms with Gasteiger partial charge in [0.1, 0.15) is 11.6 Å². The molecule has 2 aromatic heterocycles. The number of unbranched alkanes of at least 4 members (excludes halogenated alkanes) is 1. The molecule has 0 bridgehead atoms. The van der Waals surface area contributed by atoms with Crippen LogP contribution in [0.5, 0.6) is 5.75 Å². The fraction of sp³-hybridized carbons (Fsp3) is 0.333. The number of aryl methyl sites for hydroxylation is 3. The van der Waals surface area contributed by atoms with Gasteiger partial charge >= 0.3 is 4.87 Å². The van der Waals surface area contributed by atoms with Crippen molar-refractivity contribution in [3.63, 3.8) is 0 Å². The van der Waals surface area contributed by atoms with E-state index >= 15 is 4.39 Å². The minimum atomic E-state index is -0.568. The van der Waals surface area contributed by atoms with E-state index in [1.54, 1.807) is 32.0 Å². The van der Waals surface area contributed by atoms with Gasteiger partial charge in [0.25, 0.3) is 5.91 Å². The van der Waals surface area contributed by atoms with Crippen LogP contribution in [0.1, 0.15) is 34.5 Å². The SMILES string of the molecule is COc1ccc(C)c(F)c1-c1cc(C)ncc1C(=O)Nc1nn(CCCCO)c(=O)s1. The summed E-state index contributed by atoms with van der Waals surface area (Å²) in [4.78, 5) is 28.9. The molecule has 1 amide bonds. The third-order valence-electron chi connectivity index (χ3n) is 4.68. The molecule has 0 fully saturated rings. The number of halogens is 1. The first-order valence-electron chi connectivity index (χ1n) is 9.66. The van der Waals surface area contributed by atoms with Gasteiger partial charge < -0.3 is 9.84 Å². The molecule has 0 aliphatic carbocycles. The zero-order valence-electron chi connectivity index (χ0n) is 17.4. The lowest BCUT2D eigenvalue weighted by molar-refractivity contribution is 0.102. The number of aliphatic hydroxyl groups is 1. The minimum absolute atomic E-state index is 0.0324. The number of ether oxygens (including phenoxy) is 1. The summed E-state index contributed by atoms with van der Waals surface area (Å²) in [5.41, 5.74) is 1.64. The summed E-state index contributed by atoms with van der Waals surface area (Å²) in [6.07, 6.45) is 2.50. The summed E-state index contributed by atoms with van der Waals surface area (Å²) in [5.74, 6) is -0.765. The standard InChI is InChI=1S/C21H23FN4O4S/c1-12-6-7-16(30-3)17(18(12)22)14-10-13(2)23-11-15(14)19(28)24-20-25-26(21(29)31-20)8-4-5-9-27/h6-7,10-11,27H,4-5,8-9H2,1-3H3,(H,24,25,28). The lowest BCUT2D eigenvalue weighted by atomic mass is 9.97. The van der Waals surface area contributed by atoms with Gasteiger partial charge in [-0.1, -0.05) is 6.07 Å². The molecule has 0 aliphatic rings. The number of hydrogen-bond donors (Lipinski definition) is 2. The van der Waals surface area contributed by atoms with Gasteiger partial charge in [-0.05, 0) is 55.7 Å². The topological polar surface area (TPSA) is 106 Å². The van der Waals surface area contributed by atoms with Crippen molar-refractivity contribution >= 4 is 22.4 Å². The van der Waals surface area contributed by atoms with Crippen LogP contribution in [-0.4, -0.2) is 39.5 Å². The minimum Gasteiger partial charge on any atom is -0.496 e. The van der Waals surface area contributed by atoms with Crippen molar-refractivity contribution < 1.29 is 19.0 Å². The molecule has 0 aliphatic heterocycles. The summed E-state index contributed by atoms with van der Waals surface area (Å²) in [5, 5.41) is 15.7. The number of carbonyl (C=O) groups is 1. The lowest BCUT2D eigenvalue weighted by Crippen LogP contribution is -2.16. The van der Waals surface area contributed by atoms with E-state index in [0.717, 1.165) is 11.3 Å². The molecule has 1 aromatic carbocycles. The van der Waals surface area contributed by atoms with Crippen molar-refractivity contribution in [2.75, 3.05) is 19.0 Å². The zero-order chi connectivity index (χ0) is 22.5. The van der Waals surface area contributed by atoms with Crippen molar-refractivity contribution in [2.24, 2.45) is 0 Å². The highest BCUT2D eigenvalue weighted by atomic mass is 32.1. The van der Waals surface area contributed by atoms with Crippen LogP contribution in [0.4, 0.5) is 9.52 Å². The number of hydrogen-bond acceptors (Lipinski definition) is 7. The molecule has 0 unspecified atom stereocenters. The summed E-state index contributed by atoms with van der Waals surface area (Å²) < 4.78 is 21.6. The number of anilines is 1. The number of nitrogens with one attached hydrogen (secondary N) is 1. The molecule has 2 N–H and O–H groups in total. The molecular formula is C21H23FN4O4S. The average molecular weight is 447 g/mol. The molecule has 2 heterocycles. The van der Waals surface area contributed by atoms with Crippen LogP contribution >= 0.6 is 11.3 Å². The number of aliphatic hydroxyl groups excluding tert-OH is 1. The first-order chi connectivity index (χ1) is 14.8. The molecule has 3 aromatic rings. The number of rotatable bonds is 8. The van der Waals surface area contributed by atoms with E-state index in [0.29, 0.717) is 42.0 Å². The quantitative estimate of drug-likeness (QED) is 0.515. The second kappa shape index (κ2) is 9.80. The molecule has 0 saturated carbocycles.